The van der Waals surface area contributed by atoms with E-state index in [1.165, 1.54) is 0 Å². The molecule has 0 spiro atoms. The van der Waals surface area contributed by atoms with Gasteiger partial charge in [-0.3, -0.25) is 4.79 Å². The number of hydrogen-bond donors (Lipinski definition) is 0. The highest BCUT2D eigenvalue weighted by Crippen LogP contribution is 2.36. The van der Waals surface area contributed by atoms with E-state index in [0.29, 0.717) is 17.8 Å². The molecule has 134 valence electrons. The predicted molar refractivity (Wildman–Crippen MR) is 98.3 cm³/mol. The van der Waals surface area contributed by atoms with E-state index < -0.39 is 18.3 Å². The molecule has 0 saturated carbocycles. The summed E-state index contributed by atoms with van der Waals surface area (Å²) >= 11 is 0. The standard InChI is InChI=1S/C19H22BN3O3/c1-13-22-16(12-24)11-23(13)10-15-8-14(9-21)6-7-17(15)20-25-18(2,3)19(4,5)26-20/h6-8,11-12H,10H2,1-5H3. The summed E-state index contributed by atoms with van der Waals surface area (Å²) in [6.45, 7) is 10.3. The maximum atomic E-state index is 11.0. The van der Waals surface area contributed by atoms with Gasteiger partial charge in [0.1, 0.15) is 11.5 Å². The first-order valence-electron chi connectivity index (χ1n) is 8.54. The second-order valence-corrected chi connectivity index (χ2v) is 7.57. The van der Waals surface area contributed by atoms with Crippen LogP contribution in [0.5, 0.6) is 0 Å². The highest BCUT2D eigenvalue weighted by molar-refractivity contribution is 6.62. The number of aldehydes is 1. The van der Waals surface area contributed by atoms with Crippen molar-refractivity contribution in [2.24, 2.45) is 0 Å². The normalized spacial score (nSPS) is 17.9. The van der Waals surface area contributed by atoms with Crippen LogP contribution >= 0.6 is 0 Å². The molecule has 26 heavy (non-hydrogen) atoms. The SMILES string of the molecule is Cc1nc(C=O)cn1Cc1cc(C#N)ccc1B1OC(C)(C)C(C)(C)O1. The zero-order valence-electron chi connectivity index (χ0n) is 15.7. The minimum absolute atomic E-state index is 0.385. The fourth-order valence-corrected chi connectivity index (χ4v) is 2.95. The van der Waals surface area contributed by atoms with Gasteiger partial charge in [0.25, 0.3) is 0 Å². The summed E-state index contributed by atoms with van der Waals surface area (Å²) in [5.74, 6) is 0.731. The van der Waals surface area contributed by atoms with Gasteiger partial charge in [-0.15, -0.1) is 0 Å². The van der Waals surface area contributed by atoms with Gasteiger partial charge in [0.05, 0.1) is 22.8 Å². The molecule has 0 radical (unpaired) electrons. The van der Waals surface area contributed by atoms with Crippen LogP contribution in [0.25, 0.3) is 0 Å². The van der Waals surface area contributed by atoms with Gasteiger partial charge in [-0.1, -0.05) is 6.07 Å². The summed E-state index contributed by atoms with van der Waals surface area (Å²) in [4.78, 5) is 15.2. The molecule has 1 saturated heterocycles. The van der Waals surface area contributed by atoms with Gasteiger partial charge < -0.3 is 13.9 Å². The number of hydrogen-bond acceptors (Lipinski definition) is 5. The maximum absolute atomic E-state index is 11.0. The van der Waals surface area contributed by atoms with E-state index in [2.05, 4.69) is 11.1 Å². The molecule has 0 amide bonds. The Kier molecular flexibility index (Phi) is 4.51. The van der Waals surface area contributed by atoms with E-state index in [-0.39, 0.29) is 0 Å². The Balaban J connectivity index is 2.00. The molecule has 2 aromatic rings. The lowest BCUT2D eigenvalue weighted by Gasteiger charge is -2.32. The fraction of sp³-hybridized carbons (Fsp3) is 0.421. The molecule has 0 unspecified atom stereocenters. The topological polar surface area (TPSA) is 77.1 Å². The summed E-state index contributed by atoms with van der Waals surface area (Å²) in [7, 11) is -0.517. The van der Waals surface area contributed by atoms with Crippen LogP contribution in [0.15, 0.2) is 24.4 Å². The Hall–Kier alpha value is -2.43. The molecule has 1 aromatic carbocycles. The number of carbonyl (C=O) groups excluding carboxylic acids is 1. The largest absolute Gasteiger partial charge is 0.495 e. The fourth-order valence-electron chi connectivity index (χ4n) is 2.95. The van der Waals surface area contributed by atoms with Crippen molar-refractivity contribution in [2.75, 3.05) is 0 Å². The molecule has 6 nitrogen and oxygen atoms in total. The maximum Gasteiger partial charge on any atom is 0.495 e. The van der Waals surface area contributed by atoms with Crippen molar-refractivity contribution in [3.05, 3.63) is 47.0 Å². The van der Waals surface area contributed by atoms with Crippen LogP contribution in [0.4, 0.5) is 0 Å². The average Bonchev–Trinajstić information content (AvgIpc) is 3.03. The van der Waals surface area contributed by atoms with Gasteiger partial charge in [-0.2, -0.15) is 5.26 Å². The molecule has 2 heterocycles. The Morgan fingerprint density at radius 2 is 1.92 bits per heavy atom. The van der Waals surface area contributed by atoms with E-state index >= 15 is 0 Å². The summed E-state index contributed by atoms with van der Waals surface area (Å²) in [6, 6.07) is 7.65. The van der Waals surface area contributed by atoms with Crippen LogP contribution in [0.1, 0.15) is 55.1 Å². The number of imidazole rings is 1. The van der Waals surface area contributed by atoms with Gasteiger partial charge in [-0.25, -0.2) is 4.98 Å². The summed E-state index contributed by atoms with van der Waals surface area (Å²) in [6.07, 6.45) is 2.43. The minimum Gasteiger partial charge on any atom is -0.399 e. The zero-order chi connectivity index (χ0) is 19.1. The van der Waals surface area contributed by atoms with Crippen LogP contribution in [0, 0.1) is 18.3 Å². The van der Waals surface area contributed by atoms with E-state index in [1.807, 2.05) is 51.3 Å². The lowest BCUT2D eigenvalue weighted by Crippen LogP contribution is -2.41. The molecule has 0 bridgehead atoms. The van der Waals surface area contributed by atoms with Crippen LogP contribution in [-0.4, -0.2) is 34.2 Å². The summed E-state index contributed by atoms with van der Waals surface area (Å²) < 4.78 is 14.2. The average molecular weight is 351 g/mol. The molecule has 1 aromatic heterocycles. The molecular weight excluding hydrogens is 329 g/mol. The number of carbonyl (C=O) groups is 1. The number of aromatic nitrogens is 2. The zero-order valence-corrected chi connectivity index (χ0v) is 15.7. The quantitative estimate of drug-likeness (QED) is 0.624. The van der Waals surface area contributed by atoms with Crippen molar-refractivity contribution in [1.29, 1.82) is 5.26 Å². The van der Waals surface area contributed by atoms with E-state index in [0.717, 1.165) is 23.1 Å². The number of aryl methyl sites for hydroxylation is 1. The molecular formula is C19H22BN3O3. The Bertz CT molecular complexity index is 880. The van der Waals surface area contributed by atoms with Gasteiger partial charge >= 0.3 is 7.12 Å². The third-order valence-electron chi connectivity index (χ3n) is 5.24. The van der Waals surface area contributed by atoms with Gasteiger partial charge in [0, 0.05) is 12.7 Å². The van der Waals surface area contributed by atoms with Gasteiger partial charge in [0.15, 0.2) is 6.29 Å². The van der Waals surface area contributed by atoms with Crippen molar-refractivity contribution in [3.8, 4) is 6.07 Å². The highest BCUT2D eigenvalue weighted by Gasteiger charge is 2.52. The first kappa shape index (κ1) is 18.4. The Labute approximate surface area is 153 Å². The number of benzene rings is 1. The summed E-state index contributed by atoms with van der Waals surface area (Å²) in [5, 5.41) is 9.27. The number of rotatable bonds is 4. The van der Waals surface area contributed by atoms with E-state index in [9.17, 15) is 10.1 Å². The van der Waals surface area contributed by atoms with Crippen molar-refractivity contribution in [1.82, 2.24) is 9.55 Å². The molecule has 7 heteroatoms. The van der Waals surface area contributed by atoms with Crippen LogP contribution in [0.2, 0.25) is 0 Å². The second kappa shape index (κ2) is 6.38. The molecule has 1 aliphatic rings. The number of nitrogens with zero attached hydrogens (tertiary/aromatic N) is 3. The summed E-state index contributed by atoms with van der Waals surface area (Å²) in [5.41, 5.74) is 1.84. The van der Waals surface area contributed by atoms with E-state index in [4.69, 9.17) is 9.31 Å². The second-order valence-electron chi connectivity index (χ2n) is 7.57. The highest BCUT2D eigenvalue weighted by atomic mass is 16.7. The number of nitriles is 1. The van der Waals surface area contributed by atoms with Gasteiger partial charge in [0.2, 0.25) is 0 Å². The smallest absolute Gasteiger partial charge is 0.399 e. The third-order valence-corrected chi connectivity index (χ3v) is 5.24. The van der Waals surface area contributed by atoms with Crippen molar-refractivity contribution in [3.63, 3.8) is 0 Å². The van der Waals surface area contributed by atoms with Crippen molar-refractivity contribution in [2.45, 2.75) is 52.4 Å². The molecule has 0 aliphatic carbocycles. The monoisotopic (exact) mass is 351 g/mol. The first-order valence-corrected chi connectivity index (χ1v) is 8.54. The van der Waals surface area contributed by atoms with Crippen LogP contribution in [0.3, 0.4) is 0 Å². The predicted octanol–water partition coefficient (Wildman–Crippen LogP) is 2.22. The first-order chi connectivity index (χ1) is 12.2. The van der Waals surface area contributed by atoms with Crippen LogP contribution < -0.4 is 5.46 Å². The molecule has 0 N–H and O–H groups in total. The Morgan fingerprint density at radius 1 is 1.27 bits per heavy atom. The lowest BCUT2D eigenvalue weighted by atomic mass is 9.75. The lowest BCUT2D eigenvalue weighted by molar-refractivity contribution is 0.00578. The van der Waals surface area contributed by atoms with Gasteiger partial charge in [-0.05, 0) is 57.8 Å². The van der Waals surface area contributed by atoms with Crippen LogP contribution in [-0.2, 0) is 15.9 Å². The van der Waals surface area contributed by atoms with Crippen molar-refractivity contribution >= 4 is 18.9 Å². The Morgan fingerprint density at radius 3 is 2.46 bits per heavy atom. The molecule has 0 atom stereocenters. The molecule has 3 rings (SSSR count). The third kappa shape index (κ3) is 3.18. The molecule has 1 fully saturated rings. The van der Waals surface area contributed by atoms with E-state index in [1.54, 1.807) is 12.3 Å². The minimum atomic E-state index is -0.517. The van der Waals surface area contributed by atoms with Crippen molar-refractivity contribution < 1.29 is 14.1 Å². The molecule has 1 aliphatic heterocycles.